The van der Waals surface area contributed by atoms with E-state index in [9.17, 15) is 8.42 Å². The van der Waals surface area contributed by atoms with Crippen molar-refractivity contribution in [3.63, 3.8) is 0 Å². The fourth-order valence-corrected chi connectivity index (χ4v) is 4.71. The van der Waals surface area contributed by atoms with E-state index >= 15 is 0 Å². The van der Waals surface area contributed by atoms with Crippen LogP contribution in [0.2, 0.25) is 0 Å². The lowest BCUT2D eigenvalue weighted by atomic mass is 10.1. The molecule has 120 valence electrons. The normalized spacial score (nSPS) is 11.9. The number of nitrogens with zero attached hydrogens (tertiary/aromatic N) is 1. The summed E-state index contributed by atoms with van der Waals surface area (Å²) in [5, 5.41) is 2.48. The molecule has 0 fully saturated rings. The van der Waals surface area contributed by atoms with Gasteiger partial charge in [0.25, 0.3) is 10.0 Å². The molecule has 1 heterocycles. The first kappa shape index (κ1) is 15.1. The van der Waals surface area contributed by atoms with Gasteiger partial charge in [-0.3, -0.25) is 4.72 Å². The van der Waals surface area contributed by atoms with Gasteiger partial charge in [-0.1, -0.05) is 59.4 Å². The van der Waals surface area contributed by atoms with Gasteiger partial charge in [0.05, 0.1) is 15.1 Å². The summed E-state index contributed by atoms with van der Waals surface area (Å²) in [6.07, 6.45) is 0. The molecular weight excluding hydrogens is 340 g/mol. The highest BCUT2D eigenvalue weighted by Crippen LogP contribution is 2.32. The smallest absolute Gasteiger partial charge is 0.255 e. The summed E-state index contributed by atoms with van der Waals surface area (Å²) in [4.78, 5) is 4.73. The predicted molar refractivity (Wildman–Crippen MR) is 99.1 cm³/mol. The van der Waals surface area contributed by atoms with Crippen LogP contribution in [0.4, 0.5) is 5.13 Å². The van der Waals surface area contributed by atoms with E-state index in [4.69, 9.17) is 0 Å². The molecule has 0 unspecified atom stereocenters. The third-order valence-electron chi connectivity index (χ3n) is 3.84. The van der Waals surface area contributed by atoms with Gasteiger partial charge in [0.2, 0.25) is 0 Å². The zero-order valence-electron chi connectivity index (χ0n) is 12.9. The van der Waals surface area contributed by atoms with Crippen molar-refractivity contribution < 1.29 is 8.42 Å². The van der Waals surface area contributed by atoms with Crippen LogP contribution in [0.5, 0.6) is 0 Å². The molecule has 0 atom stereocenters. The molecule has 0 aliphatic carbocycles. The number of nitrogens with one attached hydrogen (secondary N) is 1. The van der Waals surface area contributed by atoms with Gasteiger partial charge in [0.15, 0.2) is 5.13 Å². The van der Waals surface area contributed by atoms with Crippen molar-refractivity contribution in [2.75, 3.05) is 4.72 Å². The van der Waals surface area contributed by atoms with Crippen LogP contribution in [0.3, 0.4) is 0 Å². The fourth-order valence-electron chi connectivity index (χ4n) is 2.60. The van der Waals surface area contributed by atoms with E-state index in [-0.39, 0.29) is 4.90 Å². The Balaban J connectivity index is 1.77. The van der Waals surface area contributed by atoms with E-state index in [1.807, 2.05) is 43.3 Å². The Hall–Kier alpha value is -2.44. The highest BCUT2D eigenvalue weighted by atomic mass is 32.2. The number of rotatable bonds is 3. The average Bonchev–Trinajstić information content (AvgIpc) is 2.97. The van der Waals surface area contributed by atoms with Crippen LogP contribution in [0.15, 0.2) is 65.6 Å². The summed E-state index contributed by atoms with van der Waals surface area (Å²) in [6.45, 7) is 1.92. The molecule has 0 amide bonds. The molecule has 6 heteroatoms. The maximum Gasteiger partial charge on any atom is 0.263 e. The average molecular weight is 354 g/mol. The van der Waals surface area contributed by atoms with Crippen LogP contribution in [-0.2, 0) is 10.0 Å². The predicted octanol–water partition coefficient (Wildman–Crippen LogP) is 4.56. The first-order chi connectivity index (χ1) is 11.5. The second-order valence-electron chi connectivity index (χ2n) is 5.57. The Kier molecular flexibility index (Phi) is 3.51. The second-order valence-corrected chi connectivity index (χ2v) is 8.28. The fraction of sp³-hybridized carbons (Fsp3) is 0.0556. The molecule has 0 spiro atoms. The van der Waals surface area contributed by atoms with Crippen molar-refractivity contribution in [1.82, 2.24) is 4.98 Å². The molecule has 0 aliphatic rings. The topological polar surface area (TPSA) is 59.1 Å². The Labute approximate surface area is 143 Å². The van der Waals surface area contributed by atoms with Crippen molar-refractivity contribution >= 4 is 47.5 Å². The van der Waals surface area contributed by atoms with E-state index in [0.29, 0.717) is 5.13 Å². The van der Waals surface area contributed by atoms with Crippen LogP contribution in [0, 0.1) is 6.92 Å². The van der Waals surface area contributed by atoms with Crippen LogP contribution in [-0.4, -0.2) is 13.4 Å². The second kappa shape index (κ2) is 5.58. The molecule has 1 N–H and O–H groups in total. The number of fused-ring (bicyclic) bond motifs is 3. The van der Waals surface area contributed by atoms with Gasteiger partial charge in [-0.05, 0) is 30.5 Å². The summed E-state index contributed by atoms with van der Waals surface area (Å²) >= 11 is 1.34. The zero-order chi connectivity index (χ0) is 16.7. The lowest BCUT2D eigenvalue weighted by molar-refractivity contribution is 0.601. The van der Waals surface area contributed by atoms with Crippen molar-refractivity contribution in [2.45, 2.75) is 11.8 Å². The monoisotopic (exact) mass is 354 g/mol. The number of sulfonamides is 1. The molecule has 3 aromatic carbocycles. The van der Waals surface area contributed by atoms with Gasteiger partial charge < -0.3 is 0 Å². The van der Waals surface area contributed by atoms with Gasteiger partial charge in [-0.25, -0.2) is 13.4 Å². The Morgan fingerprint density at radius 1 is 0.958 bits per heavy atom. The van der Waals surface area contributed by atoms with E-state index in [2.05, 4.69) is 9.71 Å². The molecule has 24 heavy (non-hydrogen) atoms. The maximum atomic E-state index is 12.5. The standard InChI is InChI=1S/C18H14N2O2S2/c1-12-6-9-14(10-7-12)24(21,22)20-18-19-17-15-5-3-2-4-13(15)8-11-16(17)23-18/h2-11H,1H3,(H,19,20). The first-order valence-electron chi connectivity index (χ1n) is 7.41. The first-order valence-corrected chi connectivity index (χ1v) is 9.71. The summed E-state index contributed by atoms with van der Waals surface area (Å²) < 4.78 is 28.6. The molecule has 0 saturated carbocycles. The van der Waals surface area contributed by atoms with E-state index < -0.39 is 10.0 Å². The van der Waals surface area contributed by atoms with Crippen LogP contribution in [0.1, 0.15) is 5.56 Å². The van der Waals surface area contributed by atoms with Crippen molar-refractivity contribution in [3.8, 4) is 0 Å². The Morgan fingerprint density at radius 3 is 2.50 bits per heavy atom. The highest BCUT2D eigenvalue weighted by Gasteiger charge is 2.17. The SMILES string of the molecule is Cc1ccc(S(=O)(=O)Nc2nc3c(ccc4ccccc43)s2)cc1. The lowest BCUT2D eigenvalue weighted by Gasteiger charge is -2.05. The van der Waals surface area contributed by atoms with Crippen LogP contribution >= 0.6 is 11.3 Å². The summed E-state index contributed by atoms with van der Waals surface area (Å²) in [5.41, 5.74) is 1.83. The number of hydrogen-bond donors (Lipinski definition) is 1. The Bertz CT molecular complexity index is 1150. The summed E-state index contributed by atoms with van der Waals surface area (Å²) in [6, 6.07) is 18.7. The molecule has 0 radical (unpaired) electrons. The van der Waals surface area contributed by atoms with Gasteiger partial charge in [-0.2, -0.15) is 0 Å². The molecular formula is C18H14N2O2S2. The zero-order valence-corrected chi connectivity index (χ0v) is 14.5. The highest BCUT2D eigenvalue weighted by molar-refractivity contribution is 7.93. The van der Waals surface area contributed by atoms with E-state index in [1.165, 1.54) is 11.3 Å². The summed E-state index contributed by atoms with van der Waals surface area (Å²) in [7, 11) is -3.63. The van der Waals surface area contributed by atoms with Crippen molar-refractivity contribution in [2.24, 2.45) is 0 Å². The van der Waals surface area contributed by atoms with E-state index in [0.717, 1.165) is 26.6 Å². The van der Waals surface area contributed by atoms with Crippen molar-refractivity contribution in [3.05, 3.63) is 66.2 Å². The maximum absolute atomic E-state index is 12.5. The summed E-state index contributed by atoms with van der Waals surface area (Å²) in [5.74, 6) is 0. The van der Waals surface area contributed by atoms with Crippen LogP contribution in [0.25, 0.3) is 21.0 Å². The largest absolute Gasteiger partial charge is 0.263 e. The number of aromatic nitrogens is 1. The third kappa shape index (κ3) is 2.64. The molecule has 0 bridgehead atoms. The molecule has 0 saturated heterocycles. The Morgan fingerprint density at radius 2 is 1.71 bits per heavy atom. The third-order valence-corrected chi connectivity index (χ3v) is 6.26. The number of thiazole rings is 1. The minimum atomic E-state index is -3.63. The minimum Gasteiger partial charge on any atom is -0.255 e. The minimum absolute atomic E-state index is 0.234. The lowest BCUT2D eigenvalue weighted by Crippen LogP contribution is -2.12. The number of benzene rings is 3. The molecule has 0 aliphatic heterocycles. The van der Waals surface area contributed by atoms with Crippen molar-refractivity contribution in [1.29, 1.82) is 0 Å². The quantitative estimate of drug-likeness (QED) is 0.587. The number of anilines is 1. The molecule has 1 aromatic heterocycles. The van der Waals surface area contributed by atoms with Gasteiger partial charge in [0, 0.05) is 5.39 Å². The van der Waals surface area contributed by atoms with Gasteiger partial charge in [-0.15, -0.1) is 0 Å². The number of hydrogen-bond acceptors (Lipinski definition) is 4. The van der Waals surface area contributed by atoms with Crippen LogP contribution < -0.4 is 4.72 Å². The van der Waals surface area contributed by atoms with E-state index in [1.54, 1.807) is 24.3 Å². The van der Waals surface area contributed by atoms with Gasteiger partial charge in [0.1, 0.15) is 0 Å². The van der Waals surface area contributed by atoms with Gasteiger partial charge >= 0.3 is 0 Å². The molecule has 4 aromatic rings. The molecule has 4 nitrogen and oxygen atoms in total. The number of aryl methyl sites for hydroxylation is 1. The molecule has 4 rings (SSSR count).